The lowest BCUT2D eigenvalue weighted by Crippen LogP contribution is -2.55. The van der Waals surface area contributed by atoms with Gasteiger partial charge in [0.15, 0.2) is 0 Å². The van der Waals surface area contributed by atoms with E-state index in [1.165, 1.54) is 12.8 Å². The van der Waals surface area contributed by atoms with Crippen LogP contribution in [0.4, 0.5) is 10.5 Å². The number of anilines is 1. The first-order valence-electron chi connectivity index (χ1n) is 14.9. The third-order valence-corrected chi connectivity index (χ3v) is 8.81. The fraction of sp³-hybridized carbons (Fsp3) is 0.531. The number of nitrogens with one attached hydrogen (secondary N) is 2. The Balaban J connectivity index is 1.20. The maximum absolute atomic E-state index is 13.7. The van der Waals surface area contributed by atoms with Gasteiger partial charge in [0, 0.05) is 37.9 Å². The molecule has 8 heteroatoms. The predicted molar refractivity (Wildman–Crippen MR) is 157 cm³/mol. The second kappa shape index (κ2) is 12.4. The van der Waals surface area contributed by atoms with E-state index in [2.05, 4.69) is 27.7 Å². The van der Waals surface area contributed by atoms with Crippen LogP contribution in [0.15, 0.2) is 54.6 Å². The molecule has 2 saturated heterocycles. The highest BCUT2D eigenvalue weighted by atomic mass is 16.2. The normalized spacial score (nSPS) is 19.9. The van der Waals surface area contributed by atoms with Crippen molar-refractivity contribution in [1.29, 1.82) is 0 Å². The Morgan fingerprint density at radius 1 is 0.950 bits per heavy atom. The minimum Gasteiger partial charge on any atom is -0.341 e. The molecule has 5 rings (SSSR count). The summed E-state index contributed by atoms with van der Waals surface area (Å²) < 4.78 is 0. The Kier molecular flexibility index (Phi) is 8.74. The summed E-state index contributed by atoms with van der Waals surface area (Å²) in [6.07, 6.45) is 5.11. The van der Waals surface area contributed by atoms with Gasteiger partial charge in [-0.1, -0.05) is 48.5 Å². The van der Waals surface area contributed by atoms with E-state index in [1.807, 2.05) is 66.1 Å². The number of fused-ring (bicyclic) bond motifs is 1. The monoisotopic (exact) mass is 545 g/mol. The number of amides is 4. The molecule has 4 amide bonds. The fourth-order valence-corrected chi connectivity index (χ4v) is 6.42. The molecule has 0 bridgehead atoms. The number of hydrogen-bond donors (Lipinski definition) is 2. The molecule has 8 nitrogen and oxygen atoms in total. The largest absolute Gasteiger partial charge is 0.341 e. The predicted octanol–water partition coefficient (Wildman–Crippen LogP) is 3.70. The van der Waals surface area contributed by atoms with Crippen molar-refractivity contribution in [2.75, 3.05) is 44.2 Å². The molecule has 0 unspecified atom stereocenters. The average Bonchev–Trinajstić information content (AvgIpc) is 3.56. The second-order valence-corrected chi connectivity index (χ2v) is 11.9. The number of rotatable bonds is 9. The lowest BCUT2D eigenvalue weighted by atomic mass is 9.86. The molecule has 0 radical (unpaired) electrons. The topological polar surface area (TPSA) is 85.0 Å². The lowest BCUT2D eigenvalue weighted by Gasteiger charge is -2.38. The highest BCUT2D eigenvalue weighted by molar-refractivity contribution is 6.08. The van der Waals surface area contributed by atoms with Crippen LogP contribution in [0.5, 0.6) is 0 Å². The third-order valence-electron chi connectivity index (χ3n) is 8.81. The summed E-state index contributed by atoms with van der Waals surface area (Å²) in [5, 5.41) is 5.94. The van der Waals surface area contributed by atoms with Crippen molar-refractivity contribution in [1.82, 2.24) is 20.4 Å². The zero-order chi connectivity index (χ0) is 28.1. The molecule has 0 aromatic heterocycles. The van der Waals surface area contributed by atoms with Crippen molar-refractivity contribution in [3.8, 4) is 0 Å². The molecule has 2 fully saturated rings. The molecular formula is C32H43N5O3. The van der Waals surface area contributed by atoms with Crippen LogP contribution in [0.25, 0.3) is 0 Å². The highest BCUT2D eigenvalue weighted by Crippen LogP contribution is 2.43. The maximum atomic E-state index is 13.7. The first-order chi connectivity index (χ1) is 19.3. The molecule has 3 heterocycles. The Morgan fingerprint density at radius 3 is 2.35 bits per heavy atom. The molecular weight excluding hydrogens is 502 g/mol. The number of para-hydroxylation sites is 1. The van der Waals surface area contributed by atoms with Gasteiger partial charge in [-0.25, -0.2) is 4.79 Å². The van der Waals surface area contributed by atoms with Gasteiger partial charge in [0.2, 0.25) is 11.8 Å². The van der Waals surface area contributed by atoms with Crippen LogP contribution in [-0.4, -0.2) is 79.0 Å². The summed E-state index contributed by atoms with van der Waals surface area (Å²) in [6, 6.07) is 17.3. The number of urea groups is 1. The summed E-state index contributed by atoms with van der Waals surface area (Å²) in [6.45, 7) is 8.69. The maximum Gasteiger partial charge on any atom is 0.315 e. The molecule has 3 aliphatic rings. The van der Waals surface area contributed by atoms with Gasteiger partial charge in [0.1, 0.15) is 6.04 Å². The van der Waals surface area contributed by atoms with Gasteiger partial charge >= 0.3 is 6.03 Å². The van der Waals surface area contributed by atoms with Crippen LogP contribution in [0.1, 0.15) is 57.1 Å². The molecule has 0 aliphatic carbocycles. The number of benzene rings is 2. The van der Waals surface area contributed by atoms with Crippen LogP contribution in [0, 0.1) is 0 Å². The van der Waals surface area contributed by atoms with Crippen LogP contribution in [0.2, 0.25) is 0 Å². The zero-order valence-corrected chi connectivity index (χ0v) is 23.9. The van der Waals surface area contributed by atoms with Gasteiger partial charge in [-0.15, -0.1) is 0 Å². The Labute approximate surface area is 238 Å². The number of likely N-dealkylation sites (tertiary alicyclic amines) is 2. The van der Waals surface area contributed by atoms with E-state index in [0.29, 0.717) is 32.5 Å². The van der Waals surface area contributed by atoms with Crippen molar-refractivity contribution < 1.29 is 14.4 Å². The van der Waals surface area contributed by atoms with E-state index in [9.17, 15) is 14.4 Å². The smallest absolute Gasteiger partial charge is 0.315 e. The van der Waals surface area contributed by atoms with E-state index >= 15 is 0 Å². The number of piperidine rings is 1. The minimum atomic E-state index is -0.600. The lowest BCUT2D eigenvalue weighted by molar-refractivity contribution is -0.134. The molecule has 2 aromatic rings. The van der Waals surface area contributed by atoms with Crippen LogP contribution >= 0.6 is 0 Å². The molecule has 0 spiro atoms. The first kappa shape index (κ1) is 28.1. The second-order valence-electron chi connectivity index (χ2n) is 11.9. The van der Waals surface area contributed by atoms with E-state index in [0.717, 1.165) is 49.3 Å². The number of hydrogen-bond acceptors (Lipinski definition) is 4. The number of nitrogens with zero attached hydrogens (tertiary/aromatic N) is 3. The summed E-state index contributed by atoms with van der Waals surface area (Å²) >= 11 is 0. The molecule has 40 heavy (non-hydrogen) atoms. The zero-order valence-electron chi connectivity index (χ0n) is 23.9. The Morgan fingerprint density at radius 2 is 1.62 bits per heavy atom. The molecule has 2 N–H and O–H groups in total. The van der Waals surface area contributed by atoms with Crippen molar-refractivity contribution in [2.45, 2.75) is 69.9 Å². The van der Waals surface area contributed by atoms with Gasteiger partial charge in [-0.2, -0.15) is 0 Å². The minimum absolute atomic E-state index is 0.0439. The highest BCUT2D eigenvalue weighted by Gasteiger charge is 2.46. The molecule has 3 aliphatic heterocycles. The van der Waals surface area contributed by atoms with E-state index < -0.39 is 11.5 Å². The Hall–Kier alpha value is -3.39. The number of carbonyl (C=O) groups excluding carboxylic acids is 3. The molecule has 214 valence electrons. The Bertz CT molecular complexity index is 1190. The number of aryl methyl sites for hydroxylation is 1. The van der Waals surface area contributed by atoms with Crippen molar-refractivity contribution >= 4 is 23.5 Å². The molecule has 2 aromatic carbocycles. The average molecular weight is 546 g/mol. The van der Waals surface area contributed by atoms with Gasteiger partial charge in [0.25, 0.3) is 0 Å². The van der Waals surface area contributed by atoms with Gasteiger partial charge < -0.3 is 25.3 Å². The van der Waals surface area contributed by atoms with Gasteiger partial charge in [-0.05, 0) is 82.7 Å². The number of carbonyl (C=O) groups is 3. The van der Waals surface area contributed by atoms with Crippen molar-refractivity contribution in [3.63, 3.8) is 0 Å². The van der Waals surface area contributed by atoms with Gasteiger partial charge in [-0.3, -0.25) is 9.59 Å². The third kappa shape index (κ3) is 6.17. The SMILES string of the molecule is CC1(C)C(=O)N(C2CCN(C(=O)[C@H](CCc3ccccc3)NC(=O)NCCN3CCCC3)CC2)c2ccccc21. The van der Waals surface area contributed by atoms with Crippen LogP contribution in [0.3, 0.4) is 0 Å². The van der Waals surface area contributed by atoms with Crippen LogP contribution < -0.4 is 15.5 Å². The van der Waals surface area contributed by atoms with Crippen LogP contribution in [-0.2, 0) is 21.4 Å². The summed E-state index contributed by atoms with van der Waals surface area (Å²) in [5.74, 6) is 0.0871. The van der Waals surface area contributed by atoms with Gasteiger partial charge in [0.05, 0.1) is 5.41 Å². The quantitative estimate of drug-likeness (QED) is 0.503. The standard InChI is InChI=1S/C32H43N5O3/c1-32(2)26-12-6-7-13-28(26)37(30(32)39)25-16-21-36(22-17-25)29(38)27(15-14-24-10-4-3-5-11-24)34-31(40)33-18-23-35-19-8-9-20-35/h3-7,10-13,25,27H,8-9,14-23H2,1-2H3,(H2,33,34,40)/t27-/m0/s1. The fourth-order valence-electron chi connectivity index (χ4n) is 6.42. The van der Waals surface area contributed by atoms with E-state index in [4.69, 9.17) is 0 Å². The van der Waals surface area contributed by atoms with Crippen molar-refractivity contribution in [2.24, 2.45) is 0 Å². The van der Waals surface area contributed by atoms with Crippen molar-refractivity contribution in [3.05, 3.63) is 65.7 Å². The summed E-state index contributed by atoms with van der Waals surface area (Å²) in [5.41, 5.74) is 2.66. The molecule has 1 atom stereocenters. The summed E-state index contributed by atoms with van der Waals surface area (Å²) in [4.78, 5) is 46.1. The van der Waals surface area contributed by atoms with E-state index in [-0.39, 0.29) is 23.9 Å². The van der Waals surface area contributed by atoms with E-state index in [1.54, 1.807) is 0 Å². The summed E-state index contributed by atoms with van der Waals surface area (Å²) in [7, 11) is 0. The first-order valence-corrected chi connectivity index (χ1v) is 14.9. The molecule has 0 saturated carbocycles.